The Labute approximate surface area is 99.9 Å². The van der Waals surface area contributed by atoms with Gasteiger partial charge >= 0.3 is 0 Å². The molecule has 0 aliphatic carbocycles. The van der Waals surface area contributed by atoms with E-state index in [4.69, 9.17) is 4.74 Å². The van der Waals surface area contributed by atoms with Crippen molar-refractivity contribution in [1.82, 2.24) is 0 Å². The van der Waals surface area contributed by atoms with Crippen LogP contribution < -0.4 is 5.23 Å². The maximum Gasteiger partial charge on any atom is 0.216 e. The lowest BCUT2D eigenvalue weighted by Crippen LogP contribution is -2.13. The summed E-state index contributed by atoms with van der Waals surface area (Å²) >= 11 is 0. The minimum Gasteiger partial charge on any atom is -0.769 e. The van der Waals surface area contributed by atoms with Gasteiger partial charge in [-0.05, 0) is 24.1 Å². The van der Waals surface area contributed by atoms with Crippen molar-refractivity contribution in [1.29, 1.82) is 0 Å². The van der Waals surface area contributed by atoms with Crippen molar-refractivity contribution in [2.24, 2.45) is 10.9 Å². The Hall–Kier alpha value is -1.59. The van der Waals surface area contributed by atoms with Gasteiger partial charge in [0, 0.05) is 11.3 Å². The Balaban J connectivity index is 2.23. The van der Waals surface area contributed by atoms with Crippen molar-refractivity contribution in [3.63, 3.8) is 0 Å². The topological polar surface area (TPSA) is 71.0 Å². The monoisotopic (exact) mass is 234 g/mol. The molecule has 1 aliphatic rings. The van der Waals surface area contributed by atoms with Crippen molar-refractivity contribution < 1.29 is 4.74 Å². The van der Waals surface area contributed by atoms with E-state index in [0.717, 1.165) is 0 Å². The molecule has 5 heteroatoms. The molecular formula is C12H14N2O3-2. The van der Waals surface area contributed by atoms with Crippen LogP contribution in [0.25, 0.3) is 0 Å². The summed E-state index contributed by atoms with van der Waals surface area (Å²) in [5.74, 6) is 0.915. The van der Waals surface area contributed by atoms with Gasteiger partial charge in [-0.3, -0.25) is 0 Å². The molecule has 0 radical (unpaired) electrons. The highest BCUT2D eigenvalue weighted by molar-refractivity contribution is 5.96. The SMILES string of the molecule is CC(C)[C@@H]1COC(c2cccc(N([O-])[O-])c2)=N1. The molecule has 1 aromatic rings. The summed E-state index contributed by atoms with van der Waals surface area (Å²) in [6.07, 6.45) is 0. The van der Waals surface area contributed by atoms with Crippen LogP contribution in [-0.4, -0.2) is 18.5 Å². The zero-order valence-electron chi connectivity index (χ0n) is 9.79. The van der Waals surface area contributed by atoms with Gasteiger partial charge in [-0.25, -0.2) is 4.99 Å². The molecule has 0 aromatic heterocycles. The van der Waals surface area contributed by atoms with Gasteiger partial charge in [0.25, 0.3) is 0 Å². The molecule has 0 bridgehead atoms. The lowest BCUT2D eigenvalue weighted by Gasteiger charge is -2.37. The highest BCUT2D eigenvalue weighted by Crippen LogP contribution is 2.20. The van der Waals surface area contributed by atoms with E-state index in [2.05, 4.69) is 18.8 Å². The van der Waals surface area contributed by atoms with Crippen molar-refractivity contribution in [2.75, 3.05) is 11.8 Å². The second-order valence-corrected chi connectivity index (χ2v) is 4.36. The average molecular weight is 234 g/mol. The van der Waals surface area contributed by atoms with Gasteiger partial charge in [-0.2, -0.15) is 0 Å². The number of aliphatic imine (C=N–C) groups is 1. The molecule has 5 nitrogen and oxygen atoms in total. The molecule has 0 amide bonds. The number of rotatable bonds is 3. The van der Waals surface area contributed by atoms with Gasteiger partial charge < -0.3 is 20.4 Å². The van der Waals surface area contributed by atoms with Crippen LogP contribution in [0.15, 0.2) is 29.3 Å². The third-order valence-electron chi connectivity index (χ3n) is 2.75. The molecule has 0 spiro atoms. The predicted octanol–water partition coefficient (Wildman–Crippen LogP) is 2.29. The highest BCUT2D eigenvalue weighted by Gasteiger charge is 2.22. The predicted molar refractivity (Wildman–Crippen MR) is 66.8 cm³/mol. The van der Waals surface area contributed by atoms with E-state index >= 15 is 0 Å². The Morgan fingerprint density at radius 3 is 2.76 bits per heavy atom. The van der Waals surface area contributed by atoms with Crippen LogP contribution in [0.2, 0.25) is 0 Å². The Bertz CT molecular complexity index is 430. The largest absolute Gasteiger partial charge is 0.769 e. The number of hydrogen-bond donors (Lipinski definition) is 0. The zero-order chi connectivity index (χ0) is 12.4. The number of nitrogens with zero attached hydrogens (tertiary/aromatic N) is 2. The number of hydrogen-bond acceptors (Lipinski definition) is 5. The zero-order valence-corrected chi connectivity index (χ0v) is 9.79. The molecule has 2 rings (SSSR count). The number of ether oxygens (including phenoxy) is 1. The average Bonchev–Trinajstić information content (AvgIpc) is 2.78. The minimum absolute atomic E-state index is 0.0572. The number of anilines is 1. The highest BCUT2D eigenvalue weighted by atomic mass is 16.8. The van der Waals surface area contributed by atoms with Gasteiger partial charge in [0.2, 0.25) is 5.90 Å². The van der Waals surface area contributed by atoms with Crippen LogP contribution in [0.5, 0.6) is 0 Å². The maximum atomic E-state index is 10.7. The summed E-state index contributed by atoms with van der Waals surface area (Å²) in [7, 11) is 0. The quantitative estimate of drug-likeness (QED) is 0.752. The minimum atomic E-state index is -0.418. The molecule has 0 unspecified atom stereocenters. The summed E-state index contributed by atoms with van der Waals surface area (Å²) in [4.78, 5) is 4.43. The van der Waals surface area contributed by atoms with E-state index in [1.807, 2.05) is 0 Å². The van der Waals surface area contributed by atoms with Crippen molar-refractivity contribution in [3.8, 4) is 0 Å². The van der Waals surface area contributed by atoms with Gasteiger partial charge in [0.05, 0.1) is 6.04 Å². The van der Waals surface area contributed by atoms with Crippen LogP contribution in [0.3, 0.4) is 0 Å². The summed E-state index contributed by atoms with van der Waals surface area (Å²) in [6, 6.07) is 6.50. The lowest BCUT2D eigenvalue weighted by molar-refractivity contribution is 0.292. The van der Waals surface area contributed by atoms with E-state index in [1.165, 1.54) is 12.1 Å². The fraction of sp³-hybridized carbons (Fsp3) is 0.417. The van der Waals surface area contributed by atoms with E-state index in [0.29, 0.717) is 24.0 Å². The molecule has 1 aliphatic heterocycles. The standard InChI is InChI=1S/C12H14N2O3/c1-8(2)11-7-17-12(13-11)9-4-3-5-10(6-9)14(15)16/h3-6,8,11H,7H2,1-2H3/q-2/t11-/m0/s1. The van der Waals surface area contributed by atoms with Crippen LogP contribution in [0, 0.1) is 16.3 Å². The molecule has 17 heavy (non-hydrogen) atoms. The van der Waals surface area contributed by atoms with Crippen molar-refractivity contribution >= 4 is 11.6 Å². The summed E-state index contributed by atoms with van der Waals surface area (Å²) in [5.41, 5.74) is 0.726. The molecule has 0 fully saturated rings. The summed E-state index contributed by atoms with van der Waals surface area (Å²) in [5, 5.41) is 20.9. The lowest BCUT2D eigenvalue weighted by atomic mass is 10.1. The van der Waals surface area contributed by atoms with Crippen LogP contribution in [0.4, 0.5) is 5.69 Å². The van der Waals surface area contributed by atoms with E-state index < -0.39 is 5.23 Å². The Morgan fingerprint density at radius 1 is 1.41 bits per heavy atom. The molecule has 1 heterocycles. The van der Waals surface area contributed by atoms with E-state index in [9.17, 15) is 10.4 Å². The van der Waals surface area contributed by atoms with E-state index in [-0.39, 0.29) is 11.7 Å². The Morgan fingerprint density at radius 2 is 2.18 bits per heavy atom. The smallest absolute Gasteiger partial charge is 0.216 e. The fourth-order valence-corrected chi connectivity index (χ4v) is 1.64. The first-order chi connectivity index (χ1) is 8.08. The molecular weight excluding hydrogens is 220 g/mol. The molecule has 0 N–H and O–H groups in total. The first kappa shape index (κ1) is 11.9. The molecule has 0 saturated heterocycles. The first-order valence-corrected chi connectivity index (χ1v) is 5.53. The molecule has 1 aromatic carbocycles. The summed E-state index contributed by atoms with van der Waals surface area (Å²) < 4.78 is 5.48. The number of benzene rings is 1. The fourth-order valence-electron chi connectivity index (χ4n) is 1.64. The van der Waals surface area contributed by atoms with Gasteiger partial charge in [0.1, 0.15) is 6.61 Å². The van der Waals surface area contributed by atoms with Crippen molar-refractivity contribution in [3.05, 3.63) is 40.2 Å². The second kappa shape index (κ2) is 4.73. The Kier molecular flexibility index (Phi) is 3.31. The van der Waals surface area contributed by atoms with Crippen LogP contribution in [0.1, 0.15) is 19.4 Å². The van der Waals surface area contributed by atoms with Gasteiger partial charge in [-0.1, -0.05) is 19.9 Å². The van der Waals surface area contributed by atoms with Crippen LogP contribution >= 0.6 is 0 Å². The maximum absolute atomic E-state index is 10.7. The molecule has 92 valence electrons. The van der Waals surface area contributed by atoms with Crippen molar-refractivity contribution in [2.45, 2.75) is 19.9 Å². The summed E-state index contributed by atoms with van der Waals surface area (Å²) in [6.45, 7) is 4.71. The van der Waals surface area contributed by atoms with Gasteiger partial charge in [-0.15, -0.1) is 0 Å². The van der Waals surface area contributed by atoms with E-state index in [1.54, 1.807) is 12.1 Å². The third kappa shape index (κ3) is 2.57. The first-order valence-electron chi connectivity index (χ1n) is 5.53. The normalized spacial score (nSPS) is 19.1. The van der Waals surface area contributed by atoms with Crippen LogP contribution in [-0.2, 0) is 4.74 Å². The van der Waals surface area contributed by atoms with Gasteiger partial charge in [0.15, 0.2) is 0 Å². The third-order valence-corrected chi connectivity index (χ3v) is 2.75. The second-order valence-electron chi connectivity index (χ2n) is 4.36. The molecule has 1 atom stereocenters. The molecule has 0 saturated carbocycles.